The van der Waals surface area contributed by atoms with Gasteiger partial charge in [-0.3, -0.25) is 0 Å². The van der Waals surface area contributed by atoms with Gasteiger partial charge in [0.05, 0.1) is 0 Å². The van der Waals surface area contributed by atoms with Crippen molar-refractivity contribution in [3.8, 4) is 0 Å². The van der Waals surface area contributed by atoms with Crippen molar-refractivity contribution in [2.45, 2.75) is 32.7 Å². The van der Waals surface area contributed by atoms with E-state index < -0.39 is 0 Å². The van der Waals surface area contributed by atoms with E-state index in [1.807, 2.05) is 20.9 Å². The van der Waals surface area contributed by atoms with Gasteiger partial charge in [-0.05, 0) is 26.7 Å². The minimum atomic E-state index is 0.460. The Labute approximate surface area is 102 Å². The molecule has 2 rings (SSSR count). The highest BCUT2D eigenvalue weighted by atomic mass is 16.5. The second-order valence-corrected chi connectivity index (χ2v) is 4.37. The van der Waals surface area contributed by atoms with Gasteiger partial charge in [-0.2, -0.15) is 0 Å². The average molecular weight is 236 g/mol. The van der Waals surface area contributed by atoms with Crippen LogP contribution in [0.5, 0.6) is 0 Å². The summed E-state index contributed by atoms with van der Waals surface area (Å²) >= 11 is 0. The molecule has 0 amide bonds. The smallest absolute Gasteiger partial charge is 0.134 e. The first-order chi connectivity index (χ1) is 8.20. The van der Waals surface area contributed by atoms with Crippen molar-refractivity contribution >= 4 is 11.6 Å². The maximum atomic E-state index is 5.35. The number of ether oxygens (including phenoxy) is 1. The highest BCUT2D eigenvalue weighted by Crippen LogP contribution is 2.22. The van der Waals surface area contributed by atoms with E-state index in [0.29, 0.717) is 6.04 Å². The SMILES string of the molecule is CNc1nc(C)nc(NC2CCOCC2)c1C. The lowest BCUT2D eigenvalue weighted by Gasteiger charge is -2.24. The molecular formula is C12H20N4O. The van der Waals surface area contributed by atoms with Crippen molar-refractivity contribution in [3.05, 3.63) is 11.4 Å². The number of hydrogen-bond acceptors (Lipinski definition) is 5. The third-order valence-corrected chi connectivity index (χ3v) is 3.06. The number of anilines is 2. The Bertz CT molecular complexity index is 388. The second kappa shape index (κ2) is 5.31. The van der Waals surface area contributed by atoms with Crippen LogP contribution in [0.1, 0.15) is 24.2 Å². The van der Waals surface area contributed by atoms with Gasteiger partial charge in [0.15, 0.2) is 0 Å². The van der Waals surface area contributed by atoms with Gasteiger partial charge in [0.2, 0.25) is 0 Å². The number of aromatic nitrogens is 2. The van der Waals surface area contributed by atoms with Crippen LogP contribution in [0.25, 0.3) is 0 Å². The fourth-order valence-corrected chi connectivity index (χ4v) is 2.05. The summed E-state index contributed by atoms with van der Waals surface area (Å²) in [7, 11) is 1.88. The standard InChI is InChI=1S/C12H20N4O/c1-8-11(13-3)14-9(2)15-12(8)16-10-4-6-17-7-5-10/h10H,4-7H2,1-3H3,(H2,13,14,15,16). The molecule has 0 saturated carbocycles. The molecule has 2 N–H and O–H groups in total. The molecule has 0 unspecified atom stereocenters. The molecule has 94 valence electrons. The lowest BCUT2D eigenvalue weighted by atomic mass is 10.1. The first-order valence-corrected chi connectivity index (χ1v) is 6.08. The van der Waals surface area contributed by atoms with Crippen molar-refractivity contribution in [2.24, 2.45) is 0 Å². The van der Waals surface area contributed by atoms with Crippen LogP contribution in [0.15, 0.2) is 0 Å². The predicted octanol–water partition coefficient (Wildman–Crippen LogP) is 1.73. The molecule has 5 heteroatoms. The minimum absolute atomic E-state index is 0.460. The summed E-state index contributed by atoms with van der Waals surface area (Å²) in [6, 6.07) is 0.460. The highest BCUT2D eigenvalue weighted by Gasteiger charge is 2.16. The number of rotatable bonds is 3. The maximum absolute atomic E-state index is 5.35. The zero-order chi connectivity index (χ0) is 12.3. The zero-order valence-electron chi connectivity index (χ0n) is 10.7. The summed E-state index contributed by atoms with van der Waals surface area (Å²) in [5.41, 5.74) is 1.07. The van der Waals surface area contributed by atoms with Gasteiger partial charge in [0.25, 0.3) is 0 Å². The molecule has 0 bridgehead atoms. The Morgan fingerprint density at radius 2 is 1.76 bits per heavy atom. The quantitative estimate of drug-likeness (QED) is 0.837. The van der Waals surface area contributed by atoms with Crippen LogP contribution in [0.4, 0.5) is 11.6 Å². The Morgan fingerprint density at radius 1 is 1.12 bits per heavy atom. The molecule has 0 atom stereocenters. The van der Waals surface area contributed by atoms with E-state index >= 15 is 0 Å². The fourth-order valence-electron chi connectivity index (χ4n) is 2.05. The summed E-state index contributed by atoms with van der Waals surface area (Å²) in [4.78, 5) is 8.83. The topological polar surface area (TPSA) is 59.1 Å². The van der Waals surface area contributed by atoms with Crippen molar-refractivity contribution in [3.63, 3.8) is 0 Å². The summed E-state index contributed by atoms with van der Waals surface area (Å²) in [5, 5.41) is 6.59. The van der Waals surface area contributed by atoms with E-state index in [1.165, 1.54) is 0 Å². The van der Waals surface area contributed by atoms with Gasteiger partial charge in [-0.25, -0.2) is 9.97 Å². The molecule has 1 fully saturated rings. The molecule has 0 radical (unpaired) electrons. The largest absolute Gasteiger partial charge is 0.381 e. The van der Waals surface area contributed by atoms with Crippen LogP contribution in [0.3, 0.4) is 0 Å². The Morgan fingerprint density at radius 3 is 2.41 bits per heavy atom. The van der Waals surface area contributed by atoms with E-state index in [1.54, 1.807) is 0 Å². The van der Waals surface area contributed by atoms with E-state index in [4.69, 9.17) is 4.74 Å². The van der Waals surface area contributed by atoms with Gasteiger partial charge in [0.1, 0.15) is 17.5 Å². The van der Waals surface area contributed by atoms with Gasteiger partial charge in [0, 0.05) is 31.9 Å². The summed E-state index contributed by atoms with van der Waals surface area (Å²) < 4.78 is 5.35. The van der Waals surface area contributed by atoms with Crippen molar-refractivity contribution in [1.29, 1.82) is 0 Å². The second-order valence-electron chi connectivity index (χ2n) is 4.37. The summed E-state index contributed by atoms with van der Waals surface area (Å²) in [6.07, 6.45) is 2.08. The first-order valence-electron chi connectivity index (χ1n) is 6.08. The summed E-state index contributed by atoms with van der Waals surface area (Å²) in [5.74, 6) is 2.62. The van der Waals surface area contributed by atoms with Gasteiger partial charge < -0.3 is 15.4 Å². The van der Waals surface area contributed by atoms with Crippen LogP contribution in [-0.4, -0.2) is 36.3 Å². The average Bonchev–Trinajstić information content (AvgIpc) is 2.34. The summed E-state index contributed by atoms with van der Waals surface area (Å²) in [6.45, 7) is 5.61. The molecular weight excluding hydrogens is 216 g/mol. The maximum Gasteiger partial charge on any atom is 0.134 e. The minimum Gasteiger partial charge on any atom is -0.381 e. The van der Waals surface area contributed by atoms with Crippen molar-refractivity contribution < 1.29 is 4.74 Å². The lowest BCUT2D eigenvalue weighted by molar-refractivity contribution is 0.0903. The monoisotopic (exact) mass is 236 g/mol. The van der Waals surface area contributed by atoms with Crippen LogP contribution >= 0.6 is 0 Å². The fraction of sp³-hybridized carbons (Fsp3) is 0.667. The van der Waals surface area contributed by atoms with Crippen molar-refractivity contribution in [1.82, 2.24) is 9.97 Å². The third kappa shape index (κ3) is 2.85. The van der Waals surface area contributed by atoms with Crippen LogP contribution in [0, 0.1) is 13.8 Å². The Balaban J connectivity index is 2.16. The number of hydrogen-bond donors (Lipinski definition) is 2. The van der Waals surface area contributed by atoms with Gasteiger partial charge in [-0.15, -0.1) is 0 Å². The molecule has 0 aliphatic carbocycles. The molecule has 0 aromatic carbocycles. The van der Waals surface area contributed by atoms with Crippen LogP contribution < -0.4 is 10.6 Å². The normalized spacial score (nSPS) is 16.9. The first kappa shape index (κ1) is 12.1. The highest BCUT2D eigenvalue weighted by molar-refractivity contribution is 5.57. The molecule has 2 heterocycles. The van der Waals surface area contributed by atoms with E-state index in [9.17, 15) is 0 Å². The molecule has 1 saturated heterocycles. The number of aryl methyl sites for hydroxylation is 1. The number of nitrogens with zero attached hydrogens (tertiary/aromatic N) is 2. The van der Waals surface area contributed by atoms with Crippen LogP contribution in [-0.2, 0) is 4.74 Å². The van der Waals surface area contributed by atoms with Crippen LogP contribution in [0.2, 0.25) is 0 Å². The van der Waals surface area contributed by atoms with E-state index in [-0.39, 0.29) is 0 Å². The molecule has 17 heavy (non-hydrogen) atoms. The van der Waals surface area contributed by atoms with Gasteiger partial charge in [-0.1, -0.05) is 0 Å². The van der Waals surface area contributed by atoms with E-state index in [2.05, 4.69) is 20.6 Å². The molecule has 1 aliphatic rings. The van der Waals surface area contributed by atoms with Gasteiger partial charge >= 0.3 is 0 Å². The predicted molar refractivity (Wildman–Crippen MR) is 68.5 cm³/mol. The third-order valence-electron chi connectivity index (χ3n) is 3.06. The van der Waals surface area contributed by atoms with E-state index in [0.717, 1.165) is 49.1 Å². The molecule has 0 spiro atoms. The lowest BCUT2D eigenvalue weighted by Crippen LogP contribution is -2.28. The Kier molecular flexibility index (Phi) is 3.78. The van der Waals surface area contributed by atoms with Crippen molar-refractivity contribution in [2.75, 3.05) is 30.9 Å². The number of nitrogens with one attached hydrogen (secondary N) is 2. The zero-order valence-corrected chi connectivity index (χ0v) is 10.7. The molecule has 1 aliphatic heterocycles. The molecule has 1 aromatic heterocycles. The molecule has 1 aromatic rings. The Hall–Kier alpha value is -1.36. The molecule has 5 nitrogen and oxygen atoms in total.